The van der Waals surface area contributed by atoms with E-state index in [9.17, 15) is 19.2 Å². The van der Waals surface area contributed by atoms with Crippen LogP contribution in [0.15, 0.2) is 0 Å². The van der Waals surface area contributed by atoms with Crippen LogP contribution in [0.2, 0.25) is 0 Å². The van der Waals surface area contributed by atoms with Crippen molar-refractivity contribution in [1.29, 1.82) is 0 Å². The summed E-state index contributed by atoms with van der Waals surface area (Å²) < 4.78 is 0. The Balaban J connectivity index is 1.37. The molecule has 4 rings (SSSR count). The zero-order valence-electron chi connectivity index (χ0n) is 15.1. The second kappa shape index (κ2) is 5.79. The number of carbonyl (C=O) groups excluding carboxylic acids is 4. The average Bonchev–Trinajstić information content (AvgIpc) is 3.19. The summed E-state index contributed by atoms with van der Waals surface area (Å²) in [5, 5.41) is 22.0. The van der Waals surface area contributed by atoms with Crippen LogP contribution in [-0.4, -0.2) is 47.8 Å². The van der Waals surface area contributed by atoms with E-state index in [2.05, 4.69) is 42.5 Å². The van der Waals surface area contributed by atoms with Crippen molar-refractivity contribution in [1.82, 2.24) is 42.5 Å². The van der Waals surface area contributed by atoms with Gasteiger partial charge in [-0.2, -0.15) is 0 Å². The summed E-state index contributed by atoms with van der Waals surface area (Å²) in [4.78, 5) is 46.8. The van der Waals surface area contributed by atoms with E-state index in [0.717, 1.165) is 12.8 Å². The molecule has 12 nitrogen and oxygen atoms in total. The van der Waals surface area contributed by atoms with Crippen LogP contribution in [0.5, 0.6) is 0 Å². The Hall–Kier alpha value is -2.92. The minimum Gasteiger partial charge on any atom is -0.314 e. The summed E-state index contributed by atoms with van der Waals surface area (Å²) in [6, 6.07) is -1.30. The van der Waals surface area contributed by atoms with Gasteiger partial charge in [0.15, 0.2) is 11.3 Å². The van der Waals surface area contributed by atoms with Crippen molar-refractivity contribution in [3.05, 3.63) is 0 Å². The molecule has 0 saturated carbocycles. The van der Waals surface area contributed by atoms with Crippen molar-refractivity contribution in [2.24, 2.45) is 11.8 Å². The van der Waals surface area contributed by atoms with Crippen molar-refractivity contribution < 1.29 is 19.2 Å². The van der Waals surface area contributed by atoms with Gasteiger partial charge >= 0.3 is 24.1 Å². The zero-order chi connectivity index (χ0) is 19.4. The molecule has 0 aromatic rings. The van der Waals surface area contributed by atoms with Gasteiger partial charge in [-0.1, -0.05) is 20.3 Å². The number of hydrogen-bond acceptors (Lipinski definition) is 4. The van der Waals surface area contributed by atoms with E-state index in [4.69, 9.17) is 0 Å². The fourth-order valence-electron chi connectivity index (χ4n) is 4.51. The fourth-order valence-corrected chi connectivity index (χ4v) is 4.51. The lowest BCUT2D eigenvalue weighted by Gasteiger charge is -2.34. The van der Waals surface area contributed by atoms with Crippen molar-refractivity contribution >= 4 is 24.1 Å². The molecule has 0 bridgehead atoms. The van der Waals surface area contributed by atoms with Crippen LogP contribution in [0.25, 0.3) is 0 Å². The number of nitrogens with one attached hydrogen (secondary N) is 8. The molecule has 4 saturated heterocycles. The van der Waals surface area contributed by atoms with E-state index in [1.165, 1.54) is 0 Å². The summed E-state index contributed by atoms with van der Waals surface area (Å²) in [5.41, 5.74) is -1.70. The first-order valence-electron chi connectivity index (χ1n) is 9.07. The molecular weight excluding hydrogens is 356 g/mol. The molecule has 2 unspecified atom stereocenters. The van der Waals surface area contributed by atoms with Crippen LogP contribution in [0.4, 0.5) is 19.2 Å². The van der Waals surface area contributed by atoms with Gasteiger partial charge in [0.25, 0.3) is 0 Å². The lowest BCUT2D eigenvalue weighted by Crippen LogP contribution is -2.61. The summed E-state index contributed by atoms with van der Waals surface area (Å²) in [7, 11) is 0. The maximum atomic E-state index is 11.7. The molecule has 148 valence electrons. The fraction of sp³-hybridized carbons (Fsp3) is 0.733. The second-order valence-electron chi connectivity index (χ2n) is 7.89. The first-order chi connectivity index (χ1) is 12.7. The van der Waals surface area contributed by atoms with E-state index < -0.39 is 23.7 Å². The molecule has 12 heteroatoms. The minimum absolute atomic E-state index is 0.0382. The average molecular weight is 380 g/mol. The Morgan fingerprint density at radius 3 is 1.78 bits per heavy atom. The molecule has 4 aliphatic heterocycles. The summed E-state index contributed by atoms with van der Waals surface area (Å²) in [6.07, 6.45) is 1.07. The van der Waals surface area contributed by atoms with Crippen LogP contribution < -0.4 is 42.5 Å². The quantitative estimate of drug-likeness (QED) is 0.288. The predicted octanol–water partition coefficient (Wildman–Crippen LogP) is -1.28. The first-order valence-corrected chi connectivity index (χ1v) is 9.07. The molecule has 27 heavy (non-hydrogen) atoms. The Morgan fingerprint density at radius 1 is 0.741 bits per heavy atom. The van der Waals surface area contributed by atoms with Crippen molar-refractivity contribution in [3.63, 3.8) is 0 Å². The van der Waals surface area contributed by atoms with Gasteiger partial charge in [-0.3, -0.25) is 0 Å². The molecule has 0 aromatic carbocycles. The number of amides is 8. The van der Waals surface area contributed by atoms with Gasteiger partial charge < -0.3 is 42.5 Å². The topological polar surface area (TPSA) is 165 Å². The van der Waals surface area contributed by atoms with Crippen LogP contribution in [0.3, 0.4) is 0 Å². The van der Waals surface area contributed by atoms with E-state index >= 15 is 0 Å². The first kappa shape index (κ1) is 17.5. The number of rotatable bonds is 6. The Bertz CT molecular complexity index is 672. The number of urea groups is 4. The van der Waals surface area contributed by atoms with Gasteiger partial charge in [0.1, 0.15) is 12.3 Å². The smallest absolute Gasteiger partial charge is 0.314 e. The van der Waals surface area contributed by atoms with Gasteiger partial charge in [-0.05, 0) is 18.8 Å². The second-order valence-corrected chi connectivity index (χ2v) is 7.89. The maximum Gasteiger partial charge on any atom is 0.318 e. The normalized spacial score (nSPS) is 38.1. The third-order valence-electron chi connectivity index (χ3n) is 5.90. The molecule has 0 spiro atoms. The summed E-state index contributed by atoms with van der Waals surface area (Å²) >= 11 is 0. The molecule has 8 N–H and O–H groups in total. The predicted molar refractivity (Wildman–Crippen MR) is 91.9 cm³/mol. The number of hydrogen-bond donors (Lipinski definition) is 8. The molecule has 4 heterocycles. The highest BCUT2D eigenvalue weighted by Gasteiger charge is 2.57. The molecule has 2 atom stereocenters. The van der Waals surface area contributed by atoms with E-state index in [0.29, 0.717) is 6.42 Å². The molecule has 4 aliphatic rings. The highest BCUT2D eigenvalue weighted by atomic mass is 16.2. The molecular formula is C15H24N8O4. The summed E-state index contributed by atoms with van der Waals surface area (Å²) in [5.74, 6) is 0.129. The Kier molecular flexibility index (Phi) is 3.75. The van der Waals surface area contributed by atoms with Gasteiger partial charge in [0, 0.05) is 5.92 Å². The highest BCUT2D eigenvalue weighted by molar-refractivity contribution is 5.87. The van der Waals surface area contributed by atoms with Crippen molar-refractivity contribution in [3.8, 4) is 0 Å². The Labute approximate surface area is 155 Å². The van der Waals surface area contributed by atoms with Crippen molar-refractivity contribution in [2.75, 3.05) is 0 Å². The molecule has 0 aromatic heterocycles. The Morgan fingerprint density at radius 2 is 1.22 bits per heavy atom. The zero-order valence-corrected chi connectivity index (χ0v) is 15.1. The van der Waals surface area contributed by atoms with Gasteiger partial charge in [0.2, 0.25) is 0 Å². The monoisotopic (exact) mass is 380 g/mol. The lowest BCUT2D eigenvalue weighted by atomic mass is 9.84. The summed E-state index contributed by atoms with van der Waals surface area (Å²) in [6.45, 7) is 4.01. The van der Waals surface area contributed by atoms with Crippen LogP contribution >= 0.6 is 0 Å². The third-order valence-corrected chi connectivity index (χ3v) is 5.90. The minimum atomic E-state index is -0.860. The SMILES string of the molecule is CC(CCC(C)[C@]12NC(=O)N[C@H]1NC(=O)N2)C[C@]12NC(=O)N[C@H]1NC(=O)N2. The van der Waals surface area contributed by atoms with E-state index in [-0.39, 0.29) is 36.0 Å². The van der Waals surface area contributed by atoms with Crippen LogP contribution in [0, 0.1) is 11.8 Å². The lowest BCUT2D eigenvalue weighted by molar-refractivity contribution is 0.180. The van der Waals surface area contributed by atoms with E-state index in [1.54, 1.807) is 0 Å². The number of fused-ring (bicyclic) bond motifs is 2. The van der Waals surface area contributed by atoms with Gasteiger partial charge in [0.05, 0.1) is 0 Å². The van der Waals surface area contributed by atoms with Gasteiger partial charge in [-0.15, -0.1) is 0 Å². The van der Waals surface area contributed by atoms with Crippen molar-refractivity contribution in [2.45, 2.75) is 56.8 Å². The largest absolute Gasteiger partial charge is 0.318 e. The van der Waals surface area contributed by atoms with Gasteiger partial charge in [-0.25, -0.2) is 19.2 Å². The van der Waals surface area contributed by atoms with Crippen LogP contribution in [0.1, 0.15) is 33.1 Å². The highest BCUT2D eigenvalue weighted by Crippen LogP contribution is 2.32. The molecule has 0 radical (unpaired) electrons. The number of carbonyl (C=O) groups is 4. The molecule has 4 fully saturated rings. The molecule has 0 aliphatic carbocycles. The molecule has 8 amide bonds. The third kappa shape index (κ3) is 2.75. The van der Waals surface area contributed by atoms with E-state index in [1.807, 2.05) is 13.8 Å². The maximum absolute atomic E-state index is 11.7. The standard InChI is InChI=1S/C15H24N8O4/c1-6(5-14-8(16-10(24)20-14)17-11(25)21-14)3-4-7(2)15-9(18-12(26)22-15)19-13(27)23-15/h6-9H,3-5H2,1-2H3,(H2,16,20,24)(H2,17,21,25)(H2,18,22,26)(H2,19,23,27)/t6?,7?,8-,9-,14+,15+. The van der Waals surface area contributed by atoms with Crippen LogP contribution in [-0.2, 0) is 0 Å².